The van der Waals surface area contributed by atoms with E-state index in [0.29, 0.717) is 6.54 Å². The second kappa shape index (κ2) is 10.0. The van der Waals surface area contributed by atoms with Crippen molar-refractivity contribution in [2.75, 3.05) is 13.1 Å². The van der Waals surface area contributed by atoms with Gasteiger partial charge in [-0.15, -0.1) is 34.2 Å². The smallest absolute Gasteiger partial charge is 0.191 e. The van der Waals surface area contributed by atoms with Crippen LogP contribution in [0.1, 0.15) is 57.1 Å². The molecule has 0 radical (unpaired) electrons. The zero-order chi connectivity index (χ0) is 15.9. The summed E-state index contributed by atoms with van der Waals surface area (Å²) in [5.41, 5.74) is 1.59. The average Bonchev–Trinajstić information content (AvgIpc) is 3.17. The molecule has 0 saturated heterocycles. The van der Waals surface area contributed by atoms with Gasteiger partial charge < -0.3 is 15.2 Å². The first kappa shape index (κ1) is 19.2. The Morgan fingerprint density at radius 2 is 2.12 bits per heavy atom. The Hall–Kier alpha value is -1.12. The minimum atomic E-state index is 0. The van der Waals surface area contributed by atoms with Gasteiger partial charge in [0.1, 0.15) is 12.4 Å². The van der Waals surface area contributed by atoms with E-state index in [0.717, 1.165) is 50.1 Å². The molecular formula is C17H29IN6. The molecule has 2 N–H and O–H groups in total. The maximum Gasteiger partial charge on any atom is 0.191 e. The Morgan fingerprint density at radius 3 is 2.92 bits per heavy atom. The number of aromatic nitrogens is 3. The Kier molecular flexibility index (Phi) is 8.01. The van der Waals surface area contributed by atoms with E-state index < -0.39 is 0 Å². The molecule has 134 valence electrons. The van der Waals surface area contributed by atoms with Gasteiger partial charge >= 0.3 is 0 Å². The van der Waals surface area contributed by atoms with Crippen LogP contribution in [0.2, 0.25) is 0 Å². The molecule has 1 aromatic heterocycles. The van der Waals surface area contributed by atoms with Crippen LogP contribution in [-0.2, 0) is 19.5 Å². The normalized spacial score (nSPS) is 17.0. The quantitative estimate of drug-likeness (QED) is 0.307. The van der Waals surface area contributed by atoms with E-state index in [1.807, 2.05) is 0 Å². The lowest BCUT2D eigenvalue weighted by Crippen LogP contribution is -2.38. The number of aliphatic imine (C=N–C) groups is 1. The number of fused-ring (bicyclic) bond motifs is 1. The van der Waals surface area contributed by atoms with Crippen molar-refractivity contribution in [2.24, 2.45) is 4.99 Å². The number of halogens is 1. The lowest BCUT2D eigenvalue weighted by molar-refractivity contribution is 0.663. The summed E-state index contributed by atoms with van der Waals surface area (Å²) in [7, 11) is 0. The molecule has 6 nitrogen and oxygen atoms in total. The highest BCUT2D eigenvalue weighted by molar-refractivity contribution is 14.0. The summed E-state index contributed by atoms with van der Waals surface area (Å²) in [4.78, 5) is 4.67. The number of nitrogens with zero attached hydrogens (tertiary/aromatic N) is 4. The van der Waals surface area contributed by atoms with Crippen molar-refractivity contribution in [1.82, 2.24) is 25.4 Å². The van der Waals surface area contributed by atoms with Crippen LogP contribution in [0, 0.1) is 0 Å². The van der Waals surface area contributed by atoms with Gasteiger partial charge in [-0.1, -0.05) is 11.6 Å². The van der Waals surface area contributed by atoms with Gasteiger partial charge in [0.15, 0.2) is 11.8 Å². The molecule has 1 aliphatic heterocycles. The van der Waals surface area contributed by atoms with Crippen LogP contribution in [0.4, 0.5) is 0 Å². The molecule has 7 heteroatoms. The first-order valence-electron chi connectivity index (χ1n) is 8.98. The minimum absolute atomic E-state index is 0. The molecule has 0 saturated carbocycles. The van der Waals surface area contributed by atoms with Crippen molar-refractivity contribution >= 4 is 29.9 Å². The highest BCUT2D eigenvalue weighted by Crippen LogP contribution is 2.19. The van der Waals surface area contributed by atoms with E-state index in [4.69, 9.17) is 0 Å². The first-order valence-corrected chi connectivity index (χ1v) is 8.98. The molecule has 0 spiro atoms. The van der Waals surface area contributed by atoms with Gasteiger partial charge in [-0.2, -0.15) is 0 Å². The standard InChI is InChI=1S/C17H28N6.HI/c1-2-18-17(19-11-10-14-7-4-3-5-8-14)20-13-16-22-21-15-9-6-12-23(15)16;/h7H,2-6,8-13H2,1H3,(H2,18,19,20);1H. The van der Waals surface area contributed by atoms with Gasteiger partial charge in [-0.25, -0.2) is 4.99 Å². The summed E-state index contributed by atoms with van der Waals surface area (Å²) in [6, 6.07) is 0. The third kappa shape index (κ3) is 5.19. The average molecular weight is 444 g/mol. The van der Waals surface area contributed by atoms with Crippen LogP contribution in [0.25, 0.3) is 0 Å². The monoisotopic (exact) mass is 444 g/mol. The zero-order valence-corrected chi connectivity index (χ0v) is 16.9. The molecule has 2 aliphatic rings. The van der Waals surface area contributed by atoms with Gasteiger partial charge in [0.05, 0.1) is 0 Å². The molecule has 1 aliphatic carbocycles. The van der Waals surface area contributed by atoms with E-state index in [9.17, 15) is 0 Å². The number of aryl methyl sites for hydroxylation is 1. The highest BCUT2D eigenvalue weighted by Gasteiger charge is 2.16. The number of rotatable bonds is 6. The number of hydrogen-bond acceptors (Lipinski definition) is 3. The molecule has 3 rings (SSSR count). The first-order chi connectivity index (χ1) is 11.4. The molecule has 0 atom stereocenters. The minimum Gasteiger partial charge on any atom is -0.357 e. The fraction of sp³-hybridized carbons (Fsp3) is 0.706. The van der Waals surface area contributed by atoms with Gasteiger partial charge in [0.25, 0.3) is 0 Å². The lowest BCUT2D eigenvalue weighted by atomic mass is 9.97. The Bertz CT molecular complexity index is 578. The number of nitrogens with one attached hydrogen (secondary N) is 2. The predicted octanol–water partition coefficient (Wildman–Crippen LogP) is 2.79. The van der Waals surface area contributed by atoms with Gasteiger partial charge in [-0.3, -0.25) is 0 Å². The van der Waals surface area contributed by atoms with Gasteiger partial charge in [0, 0.05) is 26.1 Å². The highest BCUT2D eigenvalue weighted by atomic mass is 127. The van der Waals surface area contributed by atoms with Crippen molar-refractivity contribution in [3.8, 4) is 0 Å². The van der Waals surface area contributed by atoms with E-state index in [-0.39, 0.29) is 24.0 Å². The van der Waals surface area contributed by atoms with Gasteiger partial charge in [-0.05, 0) is 45.4 Å². The van der Waals surface area contributed by atoms with Crippen molar-refractivity contribution < 1.29 is 0 Å². The Morgan fingerprint density at radius 1 is 1.21 bits per heavy atom. The van der Waals surface area contributed by atoms with Crippen molar-refractivity contribution in [2.45, 2.75) is 65.0 Å². The van der Waals surface area contributed by atoms with Crippen molar-refractivity contribution in [1.29, 1.82) is 0 Å². The number of allylic oxidation sites excluding steroid dienone is 1. The SMILES string of the molecule is CCNC(=NCc1nnc2n1CCC2)NCCC1=CCCCC1.I. The second-order valence-corrected chi connectivity index (χ2v) is 6.27. The summed E-state index contributed by atoms with van der Waals surface area (Å²) < 4.78 is 2.21. The molecule has 0 fully saturated rings. The molecule has 24 heavy (non-hydrogen) atoms. The van der Waals surface area contributed by atoms with E-state index in [1.165, 1.54) is 32.1 Å². The topological polar surface area (TPSA) is 67.1 Å². The van der Waals surface area contributed by atoms with E-state index in [1.54, 1.807) is 5.57 Å². The predicted molar refractivity (Wildman–Crippen MR) is 108 cm³/mol. The summed E-state index contributed by atoms with van der Waals surface area (Å²) in [5.74, 6) is 2.96. The molecule has 2 heterocycles. The van der Waals surface area contributed by atoms with Crippen LogP contribution in [0.3, 0.4) is 0 Å². The molecular weight excluding hydrogens is 415 g/mol. The lowest BCUT2D eigenvalue weighted by Gasteiger charge is -2.15. The van der Waals surface area contributed by atoms with Crippen molar-refractivity contribution in [3.05, 3.63) is 23.3 Å². The third-order valence-electron chi connectivity index (χ3n) is 4.53. The summed E-state index contributed by atoms with van der Waals surface area (Å²) in [6.45, 7) is 5.52. The largest absolute Gasteiger partial charge is 0.357 e. The molecule has 0 bridgehead atoms. The summed E-state index contributed by atoms with van der Waals surface area (Å²) in [6.07, 6.45) is 11.0. The van der Waals surface area contributed by atoms with Crippen LogP contribution < -0.4 is 10.6 Å². The Balaban J connectivity index is 0.00000208. The van der Waals surface area contributed by atoms with Crippen LogP contribution in [0.15, 0.2) is 16.6 Å². The fourth-order valence-corrected chi connectivity index (χ4v) is 3.29. The van der Waals surface area contributed by atoms with Gasteiger partial charge in [0.2, 0.25) is 0 Å². The van der Waals surface area contributed by atoms with E-state index in [2.05, 4.69) is 43.4 Å². The zero-order valence-electron chi connectivity index (χ0n) is 14.6. The molecule has 0 amide bonds. The molecule has 0 unspecified atom stereocenters. The molecule has 1 aromatic rings. The number of guanidine groups is 1. The van der Waals surface area contributed by atoms with Crippen LogP contribution >= 0.6 is 24.0 Å². The fourth-order valence-electron chi connectivity index (χ4n) is 3.29. The van der Waals surface area contributed by atoms with E-state index >= 15 is 0 Å². The summed E-state index contributed by atoms with van der Waals surface area (Å²) in [5, 5.41) is 15.3. The van der Waals surface area contributed by atoms with Crippen LogP contribution in [0.5, 0.6) is 0 Å². The molecule has 0 aromatic carbocycles. The number of hydrogen-bond donors (Lipinski definition) is 2. The van der Waals surface area contributed by atoms with Crippen molar-refractivity contribution in [3.63, 3.8) is 0 Å². The van der Waals surface area contributed by atoms with Crippen LogP contribution in [-0.4, -0.2) is 33.8 Å². The maximum absolute atomic E-state index is 4.67. The third-order valence-corrected chi connectivity index (χ3v) is 4.53. The second-order valence-electron chi connectivity index (χ2n) is 6.27. The maximum atomic E-state index is 4.67. The summed E-state index contributed by atoms with van der Waals surface area (Å²) >= 11 is 0. The Labute approximate surface area is 161 Å².